The van der Waals surface area contributed by atoms with Crippen molar-refractivity contribution in [1.29, 1.82) is 0 Å². The summed E-state index contributed by atoms with van der Waals surface area (Å²) in [5.74, 6) is 0.698. The van der Waals surface area contributed by atoms with Crippen LogP contribution in [0.5, 0.6) is 0 Å². The van der Waals surface area contributed by atoms with E-state index in [1.807, 2.05) is 38.4 Å². The Hall–Kier alpha value is -2.41. The van der Waals surface area contributed by atoms with Crippen molar-refractivity contribution in [2.75, 3.05) is 12.4 Å². The molecule has 0 saturated carbocycles. The standard InChI is InChI=1S/C14H20N6O/c1-10(15-2)11-4-6-12(7-5-11)18-14(21)16-8-13-19-17-9-20(13)3/h4-7,9-10,15H,8H2,1-3H3,(H2,16,18,21). The summed E-state index contributed by atoms with van der Waals surface area (Å²) in [6.07, 6.45) is 1.59. The van der Waals surface area contributed by atoms with Crippen molar-refractivity contribution in [3.05, 3.63) is 42.0 Å². The van der Waals surface area contributed by atoms with Crippen LogP contribution in [0.3, 0.4) is 0 Å². The molecular weight excluding hydrogens is 268 g/mol. The SMILES string of the molecule is CNC(C)c1ccc(NC(=O)NCc2nncn2C)cc1. The van der Waals surface area contributed by atoms with Gasteiger partial charge in [-0.15, -0.1) is 10.2 Å². The number of urea groups is 1. The number of benzene rings is 1. The molecule has 1 aromatic heterocycles. The number of rotatable bonds is 5. The second kappa shape index (κ2) is 6.85. The molecule has 0 spiro atoms. The van der Waals surface area contributed by atoms with Crippen LogP contribution >= 0.6 is 0 Å². The number of amides is 2. The molecule has 1 atom stereocenters. The molecule has 0 aliphatic carbocycles. The number of aromatic nitrogens is 3. The van der Waals surface area contributed by atoms with Crippen LogP contribution < -0.4 is 16.0 Å². The van der Waals surface area contributed by atoms with Crippen LogP contribution in [0.4, 0.5) is 10.5 Å². The normalized spacial score (nSPS) is 12.0. The van der Waals surface area contributed by atoms with Crippen molar-refractivity contribution in [2.24, 2.45) is 7.05 Å². The third-order valence-corrected chi connectivity index (χ3v) is 3.31. The van der Waals surface area contributed by atoms with Gasteiger partial charge in [-0.3, -0.25) is 0 Å². The van der Waals surface area contributed by atoms with Crippen LogP contribution in [-0.2, 0) is 13.6 Å². The molecule has 0 aliphatic heterocycles. The van der Waals surface area contributed by atoms with E-state index in [0.717, 1.165) is 5.69 Å². The first-order valence-corrected chi connectivity index (χ1v) is 6.75. The molecule has 0 aliphatic rings. The van der Waals surface area contributed by atoms with Crippen LogP contribution in [0.25, 0.3) is 0 Å². The van der Waals surface area contributed by atoms with Gasteiger partial charge in [-0.25, -0.2) is 4.79 Å². The van der Waals surface area contributed by atoms with Crippen LogP contribution in [0.2, 0.25) is 0 Å². The van der Waals surface area contributed by atoms with Gasteiger partial charge in [0, 0.05) is 18.8 Å². The van der Waals surface area contributed by atoms with Crippen molar-refractivity contribution in [3.63, 3.8) is 0 Å². The number of hydrogen-bond donors (Lipinski definition) is 3. The van der Waals surface area contributed by atoms with Gasteiger partial charge >= 0.3 is 6.03 Å². The molecule has 0 saturated heterocycles. The van der Waals surface area contributed by atoms with Crippen LogP contribution in [0, 0.1) is 0 Å². The molecule has 7 nitrogen and oxygen atoms in total. The van der Waals surface area contributed by atoms with Crippen molar-refractivity contribution in [3.8, 4) is 0 Å². The Kier molecular flexibility index (Phi) is 4.89. The maximum Gasteiger partial charge on any atom is 0.319 e. The fourth-order valence-electron chi connectivity index (χ4n) is 1.82. The molecule has 2 rings (SSSR count). The van der Waals surface area contributed by atoms with E-state index in [-0.39, 0.29) is 12.1 Å². The Bertz CT molecular complexity index is 592. The van der Waals surface area contributed by atoms with Crippen molar-refractivity contribution < 1.29 is 4.79 Å². The molecule has 0 radical (unpaired) electrons. The Morgan fingerprint density at radius 1 is 1.33 bits per heavy atom. The van der Waals surface area contributed by atoms with Gasteiger partial charge in [0.15, 0.2) is 5.82 Å². The number of carbonyl (C=O) groups is 1. The number of anilines is 1. The third-order valence-electron chi connectivity index (χ3n) is 3.31. The second-order valence-corrected chi connectivity index (χ2v) is 4.80. The lowest BCUT2D eigenvalue weighted by Gasteiger charge is -2.12. The molecule has 1 aromatic carbocycles. The number of hydrogen-bond acceptors (Lipinski definition) is 4. The van der Waals surface area contributed by atoms with Crippen molar-refractivity contribution >= 4 is 11.7 Å². The van der Waals surface area contributed by atoms with Crippen molar-refractivity contribution in [2.45, 2.75) is 19.5 Å². The average Bonchev–Trinajstić information content (AvgIpc) is 2.90. The number of nitrogens with zero attached hydrogens (tertiary/aromatic N) is 3. The molecule has 2 aromatic rings. The molecule has 7 heteroatoms. The van der Waals surface area contributed by atoms with E-state index in [9.17, 15) is 4.79 Å². The topological polar surface area (TPSA) is 83.9 Å². The monoisotopic (exact) mass is 288 g/mol. The molecule has 1 unspecified atom stereocenters. The molecule has 0 bridgehead atoms. The van der Waals surface area contributed by atoms with Crippen LogP contribution in [0.15, 0.2) is 30.6 Å². The smallest absolute Gasteiger partial charge is 0.319 e. The number of aryl methyl sites for hydroxylation is 1. The summed E-state index contributed by atoms with van der Waals surface area (Å²) in [6, 6.07) is 7.74. The van der Waals surface area contributed by atoms with Gasteiger partial charge < -0.3 is 20.5 Å². The predicted molar refractivity (Wildman–Crippen MR) is 80.8 cm³/mol. The van der Waals surface area contributed by atoms with Gasteiger partial charge in [-0.2, -0.15) is 0 Å². The van der Waals surface area contributed by atoms with E-state index >= 15 is 0 Å². The molecule has 0 fully saturated rings. The van der Waals surface area contributed by atoms with Gasteiger partial charge in [-0.05, 0) is 31.7 Å². The summed E-state index contributed by atoms with van der Waals surface area (Å²) in [5.41, 5.74) is 1.92. The van der Waals surface area contributed by atoms with Gasteiger partial charge in [0.1, 0.15) is 6.33 Å². The van der Waals surface area contributed by atoms with E-state index in [0.29, 0.717) is 12.4 Å². The lowest BCUT2D eigenvalue weighted by molar-refractivity contribution is 0.251. The summed E-state index contributed by atoms with van der Waals surface area (Å²) < 4.78 is 1.76. The summed E-state index contributed by atoms with van der Waals surface area (Å²) >= 11 is 0. The summed E-state index contributed by atoms with van der Waals surface area (Å²) in [4.78, 5) is 11.8. The van der Waals surface area contributed by atoms with Crippen LogP contribution in [0.1, 0.15) is 24.4 Å². The first-order valence-electron chi connectivity index (χ1n) is 6.75. The van der Waals surface area contributed by atoms with E-state index in [4.69, 9.17) is 0 Å². The van der Waals surface area contributed by atoms with E-state index in [2.05, 4.69) is 33.1 Å². The van der Waals surface area contributed by atoms with Gasteiger partial charge in [0.25, 0.3) is 0 Å². The molecule has 1 heterocycles. The predicted octanol–water partition coefficient (Wildman–Crippen LogP) is 1.42. The van der Waals surface area contributed by atoms with Crippen LogP contribution in [-0.4, -0.2) is 27.8 Å². The molecule has 112 valence electrons. The zero-order valence-corrected chi connectivity index (χ0v) is 12.4. The maximum absolute atomic E-state index is 11.8. The highest BCUT2D eigenvalue weighted by Gasteiger charge is 2.06. The largest absolute Gasteiger partial charge is 0.331 e. The highest BCUT2D eigenvalue weighted by atomic mass is 16.2. The Morgan fingerprint density at radius 2 is 2.05 bits per heavy atom. The fourth-order valence-corrected chi connectivity index (χ4v) is 1.82. The summed E-state index contributed by atoms with van der Waals surface area (Å²) in [6.45, 7) is 2.41. The van der Waals surface area contributed by atoms with E-state index < -0.39 is 0 Å². The Labute approximate surface area is 123 Å². The highest BCUT2D eigenvalue weighted by Crippen LogP contribution is 2.15. The van der Waals surface area contributed by atoms with Gasteiger partial charge in [-0.1, -0.05) is 12.1 Å². The second-order valence-electron chi connectivity index (χ2n) is 4.80. The Morgan fingerprint density at radius 3 is 2.62 bits per heavy atom. The van der Waals surface area contributed by atoms with E-state index in [1.54, 1.807) is 10.9 Å². The average molecular weight is 288 g/mol. The fraction of sp³-hybridized carbons (Fsp3) is 0.357. The molecular formula is C14H20N6O. The maximum atomic E-state index is 11.8. The van der Waals surface area contributed by atoms with Gasteiger partial charge in [0.2, 0.25) is 0 Å². The number of nitrogens with one attached hydrogen (secondary N) is 3. The quantitative estimate of drug-likeness (QED) is 0.777. The lowest BCUT2D eigenvalue weighted by atomic mass is 10.1. The van der Waals surface area contributed by atoms with E-state index in [1.165, 1.54) is 5.56 Å². The minimum atomic E-state index is -0.271. The highest BCUT2D eigenvalue weighted by molar-refractivity contribution is 5.89. The minimum absolute atomic E-state index is 0.271. The van der Waals surface area contributed by atoms with Gasteiger partial charge in [0.05, 0.1) is 6.54 Å². The summed E-state index contributed by atoms with van der Waals surface area (Å²) in [5, 5.41) is 16.3. The minimum Gasteiger partial charge on any atom is -0.331 e. The molecule has 3 N–H and O–H groups in total. The zero-order chi connectivity index (χ0) is 15.2. The number of carbonyl (C=O) groups excluding carboxylic acids is 1. The zero-order valence-electron chi connectivity index (χ0n) is 12.4. The first-order chi connectivity index (χ1) is 10.1. The Balaban J connectivity index is 1.86. The molecule has 2 amide bonds. The molecule has 21 heavy (non-hydrogen) atoms. The first kappa shape index (κ1) is 15.0. The third kappa shape index (κ3) is 4.03. The lowest BCUT2D eigenvalue weighted by Crippen LogP contribution is -2.29. The summed E-state index contributed by atoms with van der Waals surface area (Å²) in [7, 11) is 3.74. The van der Waals surface area contributed by atoms with Crippen molar-refractivity contribution in [1.82, 2.24) is 25.4 Å².